The predicted octanol–water partition coefficient (Wildman–Crippen LogP) is 2.94. The van der Waals surface area contributed by atoms with E-state index in [-0.39, 0.29) is 5.78 Å². The molecule has 0 aliphatic carbocycles. The van der Waals surface area contributed by atoms with Gasteiger partial charge in [0.2, 0.25) is 0 Å². The van der Waals surface area contributed by atoms with E-state index in [0.717, 1.165) is 18.4 Å². The molecule has 1 rings (SSSR count). The first-order chi connectivity index (χ1) is 7.26. The molecule has 1 aromatic rings. The largest absolute Gasteiger partial charge is 0.294 e. The standard InChI is InChI=1S/C13H17NO/c1-3-11(4-2)9-13(15)10-12-5-7-14-8-6-12/h5-9H,3-4,10H2,1-2H3. The first-order valence-electron chi connectivity index (χ1n) is 5.37. The van der Waals surface area contributed by atoms with E-state index in [2.05, 4.69) is 18.8 Å². The van der Waals surface area contributed by atoms with E-state index in [1.54, 1.807) is 18.5 Å². The highest BCUT2D eigenvalue weighted by Crippen LogP contribution is 2.07. The van der Waals surface area contributed by atoms with Crippen molar-refractivity contribution in [2.24, 2.45) is 0 Å². The van der Waals surface area contributed by atoms with Gasteiger partial charge in [-0.3, -0.25) is 9.78 Å². The third-order valence-corrected chi connectivity index (χ3v) is 2.40. The van der Waals surface area contributed by atoms with Crippen LogP contribution in [0.25, 0.3) is 0 Å². The molecular formula is C13H17NO. The van der Waals surface area contributed by atoms with E-state index < -0.39 is 0 Å². The van der Waals surface area contributed by atoms with Crippen molar-refractivity contribution in [1.29, 1.82) is 0 Å². The van der Waals surface area contributed by atoms with Crippen molar-refractivity contribution < 1.29 is 4.79 Å². The lowest BCUT2D eigenvalue weighted by Gasteiger charge is -2.00. The summed E-state index contributed by atoms with van der Waals surface area (Å²) in [5.41, 5.74) is 2.24. The Bertz CT molecular complexity index is 335. The first kappa shape index (κ1) is 11.6. The Hall–Kier alpha value is -1.44. The van der Waals surface area contributed by atoms with E-state index in [0.29, 0.717) is 6.42 Å². The van der Waals surface area contributed by atoms with Gasteiger partial charge in [0.15, 0.2) is 5.78 Å². The van der Waals surface area contributed by atoms with Gasteiger partial charge < -0.3 is 0 Å². The van der Waals surface area contributed by atoms with Crippen molar-refractivity contribution >= 4 is 5.78 Å². The lowest BCUT2D eigenvalue weighted by molar-refractivity contribution is -0.114. The van der Waals surface area contributed by atoms with E-state index in [1.165, 1.54) is 5.57 Å². The third kappa shape index (κ3) is 4.07. The summed E-state index contributed by atoms with van der Waals surface area (Å²) in [5.74, 6) is 0.180. The normalized spacial score (nSPS) is 9.73. The molecule has 0 fully saturated rings. The average Bonchev–Trinajstić information content (AvgIpc) is 2.27. The van der Waals surface area contributed by atoms with Crippen molar-refractivity contribution in [2.45, 2.75) is 33.1 Å². The zero-order valence-electron chi connectivity index (χ0n) is 9.36. The van der Waals surface area contributed by atoms with Gasteiger partial charge in [-0.1, -0.05) is 19.4 Å². The number of hydrogen-bond donors (Lipinski definition) is 0. The van der Waals surface area contributed by atoms with Crippen LogP contribution in [-0.2, 0) is 11.2 Å². The fraction of sp³-hybridized carbons (Fsp3) is 0.385. The van der Waals surface area contributed by atoms with Crippen LogP contribution in [-0.4, -0.2) is 10.8 Å². The Kier molecular flexibility index (Phi) is 4.75. The molecular weight excluding hydrogens is 186 g/mol. The fourth-order valence-corrected chi connectivity index (χ4v) is 1.43. The maximum atomic E-state index is 11.6. The van der Waals surface area contributed by atoms with Crippen LogP contribution in [0.3, 0.4) is 0 Å². The van der Waals surface area contributed by atoms with E-state index in [9.17, 15) is 4.79 Å². The Morgan fingerprint density at radius 2 is 1.87 bits per heavy atom. The summed E-state index contributed by atoms with van der Waals surface area (Å²) in [7, 11) is 0. The Morgan fingerprint density at radius 1 is 1.27 bits per heavy atom. The molecule has 0 unspecified atom stereocenters. The van der Waals surface area contributed by atoms with Crippen LogP contribution in [0.15, 0.2) is 36.2 Å². The van der Waals surface area contributed by atoms with Crippen LogP contribution in [0, 0.1) is 0 Å². The number of pyridine rings is 1. The molecule has 0 atom stereocenters. The molecule has 0 N–H and O–H groups in total. The highest BCUT2D eigenvalue weighted by atomic mass is 16.1. The minimum Gasteiger partial charge on any atom is -0.294 e. The summed E-state index contributed by atoms with van der Waals surface area (Å²) in [5, 5.41) is 0. The van der Waals surface area contributed by atoms with E-state index in [1.807, 2.05) is 12.1 Å². The maximum Gasteiger partial charge on any atom is 0.160 e. The lowest BCUT2D eigenvalue weighted by Crippen LogP contribution is -2.00. The second-order valence-electron chi connectivity index (χ2n) is 3.51. The third-order valence-electron chi connectivity index (χ3n) is 2.40. The molecule has 1 heterocycles. The zero-order valence-corrected chi connectivity index (χ0v) is 9.36. The molecule has 0 amide bonds. The minimum absolute atomic E-state index is 0.180. The van der Waals surface area contributed by atoms with Crippen LogP contribution in [0.4, 0.5) is 0 Å². The molecule has 80 valence electrons. The van der Waals surface area contributed by atoms with Gasteiger partial charge in [-0.15, -0.1) is 0 Å². The number of allylic oxidation sites excluding steroid dienone is 2. The van der Waals surface area contributed by atoms with Crippen molar-refractivity contribution in [3.8, 4) is 0 Å². The zero-order chi connectivity index (χ0) is 11.1. The molecule has 0 bridgehead atoms. The Morgan fingerprint density at radius 3 is 2.40 bits per heavy atom. The topological polar surface area (TPSA) is 30.0 Å². The van der Waals surface area contributed by atoms with Crippen molar-refractivity contribution in [2.75, 3.05) is 0 Å². The molecule has 2 heteroatoms. The van der Waals surface area contributed by atoms with Gasteiger partial charge in [-0.05, 0) is 36.6 Å². The predicted molar refractivity (Wildman–Crippen MR) is 61.6 cm³/mol. The van der Waals surface area contributed by atoms with Crippen molar-refractivity contribution in [1.82, 2.24) is 4.98 Å². The molecule has 0 aliphatic rings. The molecule has 0 aromatic carbocycles. The summed E-state index contributed by atoms with van der Waals surface area (Å²) in [6, 6.07) is 3.76. The maximum absolute atomic E-state index is 11.6. The first-order valence-corrected chi connectivity index (χ1v) is 5.37. The number of ketones is 1. The summed E-state index contributed by atoms with van der Waals surface area (Å²) in [6.07, 6.45) is 7.60. The summed E-state index contributed by atoms with van der Waals surface area (Å²) >= 11 is 0. The molecule has 15 heavy (non-hydrogen) atoms. The molecule has 1 aromatic heterocycles. The number of carbonyl (C=O) groups is 1. The van der Waals surface area contributed by atoms with Crippen molar-refractivity contribution in [3.05, 3.63) is 41.7 Å². The molecule has 0 spiro atoms. The van der Waals surface area contributed by atoms with Crippen molar-refractivity contribution in [3.63, 3.8) is 0 Å². The highest BCUT2D eigenvalue weighted by molar-refractivity contribution is 5.91. The summed E-state index contributed by atoms with van der Waals surface area (Å²) < 4.78 is 0. The van der Waals surface area contributed by atoms with Crippen LogP contribution in [0.1, 0.15) is 32.3 Å². The lowest BCUT2D eigenvalue weighted by atomic mass is 10.1. The van der Waals surface area contributed by atoms with Crippen LogP contribution in [0.5, 0.6) is 0 Å². The fourth-order valence-electron chi connectivity index (χ4n) is 1.43. The number of aromatic nitrogens is 1. The number of nitrogens with zero attached hydrogens (tertiary/aromatic N) is 1. The van der Waals surface area contributed by atoms with Gasteiger partial charge in [-0.25, -0.2) is 0 Å². The number of carbonyl (C=O) groups excluding carboxylic acids is 1. The average molecular weight is 203 g/mol. The smallest absolute Gasteiger partial charge is 0.160 e. The van der Waals surface area contributed by atoms with Gasteiger partial charge in [0, 0.05) is 18.8 Å². The van der Waals surface area contributed by atoms with Gasteiger partial charge in [0.25, 0.3) is 0 Å². The van der Waals surface area contributed by atoms with Gasteiger partial charge in [0.1, 0.15) is 0 Å². The number of hydrogen-bond acceptors (Lipinski definition) is 2. The SMILES string of the molecule is CCC(=CC(=O)Cc1ccncc1)CC. The van der Waals surface area contributed by atoms with Gasteiger partial charge >= 0.3 is 0 Å². The minimum atomic E-state index is 0.180. The Balaban J connectivity index is 2.60. The van der Waals surface area contributed by atoms with Gasteiger partial charge in [-0.2, -0.15) is 0 Å². The van der Waals surface area contributed by atoms with E-state index >= 15 is 0 Å². The summed E-state index contributed by atoms with van der Waals surface area (Å²) in [4.78, 5) is 15.6. The molecule has 2 nitrogen and oxygen atoms in total. The monoisotopic (exact) mass is 203 g/mol. The van der Waals surface area contributed by atoms with Crippen LogP contribution >= 0.6 is 0 Å². The summed E-state index contributed by atoms with van der Waals surface area (Å²) in [6.45, 7) is 4.16. The molecule has 0 aliphatic heterocycles. The van der Waals surface area contributed by atoms with Crippen LogP contribution in [0.2, 0.25) is 0 Å². The number of rotatable bonds is 5. The van der Waals surface area contributed by atoms with E-state index in [4.69, 9.17) is 0 Å². The van der Waals surface area contributed by atoms with Crippen LogP contribution < -0.4 is 0 Å². The molecule has 0 saturated carbocycles. The second kappa shape index (κ2) is 6.12. The second-order valence-corrected chi connectivity index (χ2v) is 3.51. The Labute approximate surface area is 91.0 Å². The molecule has 0 saturated heterocycles. The quantitative estimate of drug-likeness (QED) is 0.689. The van der Waals surface area contributed by atoms with Gasteiger partial charge in [0.05, 0.1) is 0 Å². The highest BCUT2D eigenvalue weighted by Gasteiger charge is 2.01. The molecule has 0 radical (unpaired) electrons.